The van der Waals surface area contributed by atoms with Crippen LogP contribution in [-0.2, 0) is 11.3 Å². The van der Waals surface area contributed by atoms with Crippen LogP contribution in [-0.4, -0.2) is 41.8 Å². The van der Waals surface area contributed by atoms with E-state index in [4.69, 9.17) is 21.4 Å². The number of aromatic nitrogens is 2. The van der Waals surface area contributed by atoms with Crippen molar-refractivity contribution in [1.29, 1.82) is 0 Å². The molecular formula is C14H24ClN3O3. The van der Waals surface area contributed by atoms with Gasteiger partial charge in [-0.05, 0) is 18.3 Å². The van der Waals surface area contributed by atoms with E-state index in [-0.39, 0.29) is 22.6 Å². The van der Waals surface area contributed by atoms with Gasteiger partial charge in [0.1, 0.15) is 5.02 Å². The van der Waals surface area contributed by atoms with Crippen molar-refractivity contribution in [2.24, 2.45) is 5.41 Å². The molecule has 1 rings (SSSR count). The molecule has 0 aromatic carbocycles. The average Bonchev–Trinajstić information content (AvgIpc) is 2.46. The van der Waals surface area contributed by atoms with Gasteiger partial charge in [0.15, 0.2) is 0 Å². The van der Waals surface area contributed by atoms with Crippen LogP contribution in [0.4, 0.5) is 5.69 Å². The third kappa shape index (κ3) is 5.65. The number of aliphatic hydroxyl groups is 1. The molecule has 7 heteroatoms. The van der Waals surface area contributed by atoms with E-state index in [1.54, 1.807) is 13.3 Å². The number of rotatable bonds is 9. The third-order valence-electron chi connectivity index (χ3n) is 3.26. The third-order valence-corrected chi connectivity index (χ3v) is 3.63. The smallest absolute Gasteiger partial charge is 0.287 e. The van der Waals surface area contributed by atoms with Crippen molar-refractivity contribution in [1.82, 2.24) is 9.78 Å². The minimum Gasteiger partial charge on any atom is -0.396 e. The number of nitrogens with one attached hydrogen (secondary N) is 1. The molecule has 0 amide bonds. The van der Waals surface area contributed by atoms with Crippen LogP contribution >= 0.6 is 11.6 Å². The molecule has 1 aromatic rings. The Labute approximate surface area is 130 Å². The predicted octanol–water partition coefficient (Wildman–Crippen LogP) is 1.75. The topological polar surface area (TPSA) is 76.4 Å². The van der Waals surface area contributed by atoms with Gasteiger partial charge in [0.05, 0.1) is 25.0 Å². The van der Waals surface area contributed by atoms with E-state index >= 15 is 0 Å². The van der Waals surface area contributed by atoms with Crippen molar-refractivity contribution in [2.45, 2.75) is 33.2 Å². The summed E-state index contributed by atoms with van der Waals surface area (Å²) in [5.74, 6) is 0. The first kappa shape index (κ1) is 17.9. The number of aliphatic hydroxyl groups excluding tert-OH is 1. The van der Waals surface area contributed by atoms with Crippen molar-refractivity contribution in [3.63, 3.8) is 0 Å². The summed E-state index contributed by atoms with van der Waals surface area (Å²) in [6.07, 6.45) is 3.19. The first-order valence-electron chi connectivity index (χ1n) is 7.00. The molecule has 120 valence electrons. The molecule has 1 heterocycles. The summed E-state index contributed by atoms with van der Waals surface area (Å²) in [6.45, 7) is 5.80. The molecule has 0 radical (unpaired) electrons. The van der Waals surface area contributed by atoms with Gasteiger partial charge in [-0.3, -0.25) is 4.79 Å². The molecule has 0 unspecified atom stereocenters. The Kier molecular flexibility index (Phi) is 7.14. The maximum atomic E-state index is 12.0. The number of nitrogens with zero attached hydrogens (tertiary/aromatic N) is 2. The zero-order valence-corrected chi connectivity index (χ0v) is 13.6. The average molecular weight is 318 g/mol. The van der Waals surface area contributed by atoms with Gasteiger partial charge in [-0.15, -0.1) is 0 Å². The van der Waals surface area contributed by atoms with E-state index in [1.165, 1.54) is 4.68 Å². The monoisotopic (exact) mass is 317 g/mol. The van der Waals surface area contributed by atoms with Crippen LogP contribution in [0.5, 0.6) is 0 Å². The lowest BCUT2D eigenvalue weighted by molar-refractivity contribution is 0.182. The van der Waals surface area contributed by atoms with E-state index in [1.807, 2.05) is 0 Å². The minimum atomic E-state index is -0.327. The van der Waals surface area contributed by atoms with Gasteiger partial charge in [-0.2, -0.15) is 5.10 Å². The lowest BCUT2D eigenvalue weighted by atomic mass is 9.88. The molecule has 0 saturated carbocycles. The fourth-order valence-corrected chi connectivity index (χ4v) is 2.12. The van der Waals surface area contributed by atoms with Gasteiger partial charge in [-0.25, -0.2) is 4.68 Å². The maximum absolute atomic E-state index is 12.0. The molecule has 0 aliphatic rings. The molecule has 0 aliphatic heterocycles. The van der Waals surface area contributed by atoms with Crippen LogP contribution in [0.25, 0.3) is 0 Å². The van der Waals surface area contributed by atoms with Crippen LogP contribution in [0.3, 0.4) is 0 Å². The highest BCUT2D eigenvalue weighted by Crippen LogP contribution is 2.24. The van der Waals surface area contributed by atoms with E-state index in [0.29, 0.717) is 25.4 Å². The van der Waals surface area contributed by atoms with Crippen molar-refractivity contribution >= 4 is 17.3 Å². The Morgan fingerprint density at radius 3 is 2.86 bits per heavy atom. The van der Waals surface area contributed by atoms with Crippen LogP contribution in [0, 0.1) is 5.41 Å². The first-order valence-corrected chi connectivity index (χ1v) is 7.38. The fourth-order valence-electron chi connectivity index (χ4n) is 1.91. The molecule has 0 spiro atoms. The molecule has 1 aromatic heterocycles. The standard InChI is InChI=1S/C14H24ClN3O3/c1-14(2,5-4-7-19)10-16-11-9-17-18(6-8-21-3)13(20)12(11)15/h9,16,19H,4-8,10H2,1-3H3. The molecule has 0 atom stereocenters. The second-order valence-corrected chi connectivity index (χ2v) is 6.12. The molecular weight excluding hydrogens is 294 g/mol. The summed E-state index contributed by atoms with van der Waals surface area (Å²) in [7, 11) is 1.57. The van der Waals surface area contributed by atoms with E-state index in [0.717, 1.165) is 12.8 Å². The largest absolute Gasteiger partial charge is 0.396 e. The van der Waals surface area contributed by atoms with Gasteiger partial charge in [0.25, 0.3) is 5.56 Å². The number of hydrogen-bond acceptors (Lipinski definition) is 5. The lowest BCUT2D eigenvalue weighted by Crippen LogP contribution is -2.28. The molecule has 0 aliphatic carbocycles. The number of ether oxygens (including phenoxy) is 1. The van der Waals surface area contributed by atoms with Gasteiger partial charge in [0.2, 0.25) is 0 Å². The van der Waals surface area contributed by atoms with Crippen molar-refractivity contribution in [3.8, 4) is 0 Å². The Balaban J connectivity index is 2.72. The quantitative estimate of drug-likeness (QED) is 0.725. The van der Waals surface area contributed by atoms with Crippen LogP contribution in [0.2, 0.25) is 5.02 Å². The van der Waals surface area contributed by atoms with Gasteiger partial charge in [-0.1, -0.05) is 25.4 Å². The number of methoxy groups -OCH3 is 1. The second kappa shape index (κ2) is 8.36. The molecule has 0 saturated heterocycles. The van der Waals surface area contributed by atoms with E-state index < -0.39 is 0 Å². The zero-order valence-electron chi connectivity index (χ0n) is 12.9. The normalized spacial score (nSPS) is 11.7. The van der Waals surface area contributed by atoms with Gasteiger partial charge >= 0.3 is 0 Å². The predicted molar refractivity (Wildman–Crippen MR) is 84.0 cm³/mol. The first-order chi connectivity index (χ1) is 9.91. The highest BCUT2D eigenvalue weighted by atomic mass is 35.5. The summed E-state index contributed by atoms with van der Waals surface area (Å²) in [5.41, 5.74) is 0.205. The summed E-state index contributed by atoms with van der Waals surface area (Å²) in [4.78, 5) is 12.0. The maximum Gasteiger partial charge on any atom is 0.287 e. The van der Waals surface area contributed by atoms with Crippen molar-refractivity contribution in [2.75, 3.05) is 32.2 Å². The molecule has 21 heavy (non-hydrogen) atoms. The van der Waals surface area contributed by atoms with Crippen molar-refractivity contribution in [3.05, 3.63) is 21.6 Å². The summed E-state index contributed by atoms with van der Waals surface area (Å²) >= 11 is 6.09. The lowest BCUT2D eigenvalue weighted by Gasteiger charge is -2.25. The zero-order chi connectivity index (χ0) is 15.9. The van der Waals surface area contributed by atoms with Crippen LogP contribution in [0.15, 0.2) is 11.0 Å². The van der Waals surface area contributed by atoms with Gasteiger partial charge < -0.3 is 15.2 Å². The number of hydrogen-bond donors (Lipinski definition) is 2. The van der Waals surface area contributed by atoms with Crippen molar-refractivity contribution < 1.29 is 9.84 Å². The van der Waals surface area contributed by atoms with Gasteiger partial charge in [0, 0.05) is 20.3 Å². The Morgan fingerprint density at radius 2 is 2.24 bits per heavy atom. The summed E-state index contributed by atoms with van der Waals surface area (Å²) in [6, 6.07) is 0. The minimum absolute atomic E-state index is 0.00300. The Hall–Kier alpha value is -1.11. The van der Waals surface area contributed by atoms with Crippen LogP contribution in [0.1, 0.15) is 26.7 Å². The van der Waals surface area contributed by atoms with E-state index in [9.17, 15) is 4.79 Å². The Bertz CT molecular complexity index is 503. The van der Waals surface area contributed by atoms with E-state index in [2.05, 4.69) is 24.3 Å². The Morgan fingerprint density at radius 1 is 1.52 bits per heavy atom. The SMILES string of the molecule is COCCn1ncc(NCC(C)(C)CCCO)c(Cl)c1=O. The number of halogens is 1. The molecule has 0 fully saturated rings. The molecule has 6 nitrogen and oxygen atoms in total. The highest BCUT2D eigenvalue weighted by molar-refractivity contribution is 6.32. The number of anilines is 1. The molecule has 2 N–H and O–H groups in total. The summed E-state index contributed by atoms with van der Waals surface area (Å²) < 4.78 is 6.21. The fraction of sp³-hybridized carbons (Fsp3) is 0.714. The molecule has 0 bridgehead atoms. The summed E-state index contributed by atoms with van der Waals surface area (Å²) in [5, 5.41) is 16.3. The second-order valence-electron chi connectivity index (χ2n) is 5.74. The highest BCUT2D eigenvalue weighted by Gasteiger charge is 2.18. The van der Waals surface area contributed by atoms with Crippen LogP contribution < -0.4 is 10.9 Å².